The van der Waals surface area contributed by atoms with Crippen molar-refractivity contribution in [3.63, 3.8) is 0 Å². The monoisotopic (exact) mass is 249 g/mol. The molecule has 0 bridgehead atoms. The fourth-order valence-corrected chi connectivity index (χ4v) is 2.37. The van der Waals surface area contributed by atoms with E-state index in [0.29, 0.717) is 0 Å². The van der Waals surface area contributed by atoms with Gasteiger partial charge in [0.05, 0.1) is 12.6 Å². The van der Waals surface area contributed by atoms with Crippen LogP contribution in [0.3, 0.4) is 0 Å². The Bertz CT molecular complexity index is 420. The molecule has 100 valence electrons. The second-order valence-electron chi connectivity index (χ2n) is 4.85. The van der Waals surface area contributed by atoms with Gasteiger partial charge in [0.2, 0.25) is 0 Å². The molecule has 1 unspecified atom stereocenters. The van der Waals surface area contributed by atoms with Gasteiger partial charge in [0.15, 0.2) is 0 Å². The van der Waals surface area contributed by atoms with Crippen molar-refractivity contribution in [3.05, 3.63) is 35.0 Å². The Hall–Kier alpha value is -1.22. The van der Waals surface area contributed by atoms with Crippen molar-refractivity contribution in [3.8, 4) is 0 Å². The average molecular weight is 249 g/mol. The molecule has 2 rings (SSSR count). The quantitative estimate of drug-likeness (QED) is 0.865. The highest BCUT2D eigenvalue weighted by Crippen LogP contribution is 2.30. The highest BCUT2D eigenvalue weighted by Gasteiger charge is 2.23. The van der Waals surface area contributed by atoms with E-state index in [0.717, 1.165) is 49.7 Å². The minimum absolute atomic E-state index is 0.141. The van der Waals surface area contributed by atoms with Crippen molar-refractivity contribution in [2.24, 2.45) is 0 Å². The van der Waals surface area contributed by atoms with Gasteiger partial charge in [-0.2, -0.15) is 0 Å². The number of rotatable bonds is 5. The van der Waals surface area contributed by atoms with E-state index in [9.17, 15) is 0 Å². The SMILES string of the molecule is CCCNC(C1=CCCCO1)c1cc(C)oc1C. The van der Waals surface area contributed by atoms with Crippen LogP contribution in [0.1, 0.15) is 49.3 Å². The third-order valence-electron chi connectivity index (χ3n) is 3.24. The Morgan fingerprint density at radius 3 is 2.78 bits per heavy atom. The summed E-state index contributed by atoms with van der Waals surface area (Å²) in [4.78, 5) is 0. The molecule has 0 spiro atoms. The minimum Gasteiger partial charge on any atom is -0.496 e. The van der Waals surface area contributed by atoms with Crippen LogP contribution in [0.25, 0.3) is 0 Å². The Morgan fingerprint density at radius 2 is 2.22 bits per heavy atom. The predicted molar refractivity (Wildman–Crippen MR) is 72.5 cm³/mol. The standard InChI is InChI=1S/C15H23NO2/c1-4-8-16-15(14-7-5-6-9-17-14)13-10-11(2)18-12(13)3/h7,10,15-16H,4-6,8-9H2,1-3H3. The van der Waals surface area contributed by atoms with E-state index < -0.39 is 0 Å². The third kappa shape index (κ3) is 2.96. The van der Waals surface area contributed by atoms with E-state index in [-0.39, 0.29) is 6.04 Å². The molecule has 0 saturated carbocycles. The smallest absolute Gasteiger partial charge is 0.114 e. The van der Waals surface area contributed by atoms with Crippen LogP contribution in [0, 0.1) is 13.8 Å². The van der Waals surface area contributed by atoms with Gasteiger partial charge in [0.1, 0.15) is 17.3 Å². The molecule has 1 aromatic rings. The molecule has 3 heteroatoms. The van der Waals surface area contributed by atoms with E-state index in [1.165, 1.54) is 5.56 Å². The number of nitrogens with one attached hydrogen (secondary N) is 1. The summed E-state index contributed by atoms with van der Waals surface area (Å²) in [7, 11) is 0. The molecule has 18 heavy (non-hydrogen) atoms. The summed E-state index contributed by atoms with van der Waals surface area (Å²) >= 11 is 0. The normalized spacial score (nSPS) is 17.2. The molecule has 0 fully saturated rings. The zero-order valence-electron chi connectivity index (χ0n) is 11.6. The number of ether oxygens (including phenoxy) is 1. The molecule has 0 aliphatic carbocycles. The molecule has 0 amide bonds. The first-order chi connectivity index (χ1) is 8.72. The van der Waals surface area contributed by atoms with Crippen LogP contribution in [-0.4, -0.2) is 13.2 Å². The summed E-state index contributed by atoms with van der Waals surface area (Å²) in [5, 5.41) is 3.56. The molecular weight excluding hydrogens is 226 g/mol. The second-order valence-corrected chi connectivity index (χ2v) is 4.85. The number of aryl methyl sites for hydroxylation is 2. The molecule has 1 aromatic heterocycles. The van der Waals surface area contributed by atoms with Crippen molar-refractivity contribution in [2.45, 2.75) is 46.1 Å². The van der Waals surface area contributed by atoms with Crippen molar-refractivity contribution < 1.29 is 9.15 Å². The third-order valence-corrected chi connectivity index (χ3v) is 3.24. The van der Waals surface area contributed by atoms with Gasteiger partial charge >= 0.3 is 0 Å². The fraction of sp³-hybridized carbons (Fsp3) is 0.600. The highest BCUT2D eigenvalue weighted by molar-refractivity contribution is 5.30. The van der Waals surface area contributed by atoms with Crippen LogP contribution in [0.2, 0.25) is 0 Å². The first kappa shape index (κ1) is 13.2. The van der Waals surface area contributed by atoms with Gasteiger partial charge in [0.25, 0.3) is 0 Å². The van der Waals surface area contributed by atoms with Gasteiger partial charge in [-0.15, -0.1) is 0 Å². The summed E-state index contributed by atoms with van der Waals surface area (Å²) in [6, 6.07) is 2.25. The fourth-order valence-electron chi connectivity index (χ4n) is 2.37. The van der Waals surface area contributed by atoms with Gasteiger partial charge in [-0.1, -0.05) is 6.92 Å². The van der Waals surface area contributed by atoms with Crippen molar-refractivity contribution in [2.75, 3.05) is 13.2 Å². The van der Waals surface area contributed by atoms with Crippen LogP contribution in [0.15, 0.2) is 22.3 Å². The number of furan rings is 1. The Labute approximate surface area is 109 Å². The van der Waals surface area contributed by atoms with Crippen LogP contribution in [0.4, 0.5) is 0 Å². The van der Waals surface area contributed by atoms with Gasteiger partial charge in [-0.05, 0) is 51.8 Å². The molecule has 0 saturated heterocycles. The van der Waals surface area contributed by atoms with E-state index >= 15 is 0 Å². The maximum atomic E-state index is 5.81. The number of allylic oxidation sites excluding steroid dienone is 1. The lowest BCUT2D eigenvalue weighted by molar-refractivity contribution is 0.167. The molecular formula is C15H23NO2. The summed E-state index contributed by atoms with van der Waals surface area (Å²) in [5.74, 6) is 3.00. The maximum absolute atomic E-state index is 5.81. The summed E-state index contributed by atoms with van der Waals surface area (Å²) in [6.07, 6.45) is 5.54. The van der Waals surface area contributed by atoms with E-state index in [1.807, 2.05) is 13.8 Å². The van der Waals surface area contributed by atoms with Crippen LogP contribution >= 0.6 is 0 Å². The Morgan fingerprint density at radius 1 is 1.39 bits per heavy atom. The summed E-state index contributed by atoms with van der Waals surface area (Å²) in [5.41, 5.74) is 1.20. The topological polar surface area (TPSA) is 34.4 Å². The van der Waals surface area contributed by atoms with E-state index in [1.54, 1.807) is 0 Å². The molecule has 0 radical (unpaired) electrons. The number of hydrogen-bond acceptors (Lipinski definition) is 3. The first-order valence-electron chi connectivity index (χ1n) is 6.85. The largest absolute Gasteiger partial charge is 0.496 e. The molecule has 1 atom stereocenters. The van der Waals surface area contributed by atoms with Gasteiger partial charge in [0, 0.05) is 5.56 Å². The van der Waals surface area contributed by atoms with Gasteiger partial charge in [-0.3, -0.25) is 0 Å². The Kier molecular flexibility index (Phi) is 4.48. The average Bonchev–Trinajstić information content (AvgIpc) is 2.70. The second kappa shape index (κ2) is 6.10. The predicted octanol–water partition coefficient (Wildman–Crippen LogP) is 3.63. The molecule has 3 nitrogen and oxygen atoms in total. The number of hydrogen-bond donors (Lipinski definition) is 1. The minimum atomic E-state index is 0.141. The molecule has 0 aromatic carbocycles. The molecule has 1 aliphatic heterocycles. The zero-order valence-corrected chi connectivity index (χ0v) is 11.6. The van der Waals surface area contributed by atoms with Gasteiger partial charge in [-0.25, -0.2) is 0 Å². The Balaban J connectivity index is 2.23. The molecule has 1 N–H and O–H groups in total. The molecule has 2 heterocycles. The first-order valence-corrected chi connectivity index (χ1v) is 6.85. The molecule has 1 aliphatic rings. The summed E-state index contributed by atoms with van der Waals surface area (Å²) in [6.45, 7) is 7.99. The van der Waals surface area contributed by atoms with Crippen LogP contribution < -0.4 is 5.32 Å². The van der Waals surface area contributed by atoms with Crippen molar-refractivity contribution in [1.82, 2.24) is 5.32 Å². The van der Waals surface area contributed by atoms with Crippen molar-refractivity contribution >= 4 is 0 Å². The lowest BCUT2D eigenvalue weighted by Gasteiger charge is -2.24. The summed E-state index contributed by atoms with van der Waals surface area (Å²) < 4.78 is 11.5. The van der Waals surface area contributed by atoms with E-state index in [2.05, 4.69) is 24.4 Å². The van der Waals surface area contributed by atoms with E-state index in [4.69, 9.17) is 9.15 Å². The highest BCUT2D eigenvalue weighted by atomic mass is 16.5. The maximum Gasteiger partial charge on any atom is 0.114 e. The van der Waals surface area contributed by atoms with Gasteiger partial charge < -0.3 is 14.5 Å². The lowest BCUT2D eigenvalue weighted by atomic mass is 10.0. The van der Waals surface area contributed by atoms with Crippen LogP contribution in [0.5, 0.6) is 0 Å². The van der Waals surface area contributed by atoms with Crippen molar-refractivity contribution in [1.29, 1.82) is 0 Å². The lowest BCUT2D eigenvalue weighted by Crippen LogP contribution is -2.26. The van der Waals surface area contributed by atoms with Crippen LogP contribution in [-0.2, 0) is 4.74 Å². The zero-order chi connectivity index (χ0) is 13.0.